The van der Waals surface area contributed by atoms with Crippen LogP contribution in [0.5, 0.6) is 0 Å². The van der Waals surface area contributed by atoms with E-state index in [1.165, 1.54) is 26.0 Å². The van der Waals surface area contributed by atoms with E-state index in [4.69, 9.17) is 4.74 Å². The van der Waals surface area contributed by atoms with E-state index in [9.17, 15) is 19.7 Å². The van der Waals surface area contributed by atoms with Crippen LogP contribution in [0.25, 0.3) is 0 Å². The highest BCUT2D eigenvalue weighted by molar-refractivity contribution is 5.92. The predicted octanol–water partition coefficient (Wildman–Crippen LogP) is 1.62. The van der Waals surface area contributed by atoms with E-state index in [0.29, 0.717) is 5.56 Å². The van der Waals surface area contributed by atoms with Gasteiger partial charge in [0, 0.05) is 25.5 Å². The summed E-state index contributed by atoms with van der Waals surface area (Å²) < 4.78 is 4.77. The number of hydrogen-bond acceptors (Lipinski definition) is 5. The number of amides is 1. The lowest BCUT2D eigenvalue weighted by Crippen LogP contribution is -2.11. The molecule has 0 aromatic heterocycles. The number of nitrogens with one attached hydrogen (secondary N) is 1. The van der Waals surface area contributed by atoms with Gasteiger partial charge in [-0.3, -0.25) is 19.7 Å². The van der Waals surface area contributed by atoms with E-state index in [0.717, 1.165) is 0 Å². The van der Waals surface area contributed by atoms with Gasteiger partial charge in [-0.1, -0.05) is 12.1 Å². The van der Waals surface area contributed by atoms with Gasteiger partial charge in [-0.25, -0.2) is 0 Å². The second-order valence-electron chi connectivity index (χ2n) is 3.53. The number of ether oxygens (including phenoxy) is 1. The molecule has 0 heterocycles. The largest absolute Gasteiger partial charge is 0.461 e. The minimum atomic E-state index is -0.609. The summed E-state index contributed by atoms with van der Waals surface area (Å²) in [6.07, 6.45) is 0. The van der Waals surface area contributed by atoms with Gasteiger partial charge in [0.1, 0.15) is 12.3 Å². The molecule has 0 aliphatic carbocycles. The van der Waals surface area contributed by atoms with Crippen molar-refractivity contribution in [2.24, 2.45) is 0 Å². The third-order valence-electron chi connectivity index (χ3n) is 2.06. The Morgan fingerprint density at radius 2 is 2.06 bits per heavy atom. The first kappa shape index (κ1) is 13.6. The summed E-state index contributed by atoms with van der Waals surface area (Å²) in [5.41, 5.74) is 0.181. The molecular weight excluding hydrogens is 240 g/mol. The average molecular weight is 252 g/mol. The molecule has 0 fully saturated rings. The van der Waals surface area contributed by atoms with E-state index in [1.807, 2.05) is 0 Å². The van der Waals surface area contributed by atoms with E-state index in [2.05, 4.69) is 5.32 Å². The topological polar surface area (TPSA) is 98.5 Å². The maximum absolute atomic E-state index is 11.0. The number of hydrogen-bond donors (Lipinski definition) is 1. The van der Waals surface area contributed by atoms with Crippen LogP contribution in [0.4, 0.5) is 11.4 Å². The summed E-state index contributed by atoms with van der Waals surface area (Å²) in [7, 11) is 0. The Kier molecular flexibility index (Phi) is 4.36. The van der Waals surface area contributed by atoms with Crippen LogP contribution in [-0.4, -0.2) is 16.8 Å². The fraction of sp³-hybridized carbons (Fsp3) is 0.273. The molecule has 0 radical (unpaired) electrons. The van der Waals surface area contributed by atoms with Crippen LogP contribution in [0.15, 0.2) is 18.2 Å². The molecule has 1 rings (SSSR count). The predicted molar refractivity (Wildman–Crippen MR) is 62.9 cm³/mol. The number of nitrogens with zero attached hydrogens (tertiary/aromatic N) is 1. The second kappa shape index (κ2) is 5.76. The van der Waals surface area contributed by atoms with Crippen LogP contribution < -0.4 is 5.32 Å². The Morgan fingerprint density at radius 1 is 1.39 bits per heavy atom. The molecule has 0 saturated carbocycles. The van der Waals surface area contributed by atoms with Crippen molar-refractivity contribution in [2.75, 3.05) is 5.32 Å². The van der Waals surface area contributed by atoms with Gasteiger partial charge in [-0.05, 0) is 0 Å². The molecule has 0 atom stereocenters. The van der Waals surface area contributed by atoms with Crippen LogP contribution in [0.2, 0.25) is 0 Å². The molecule has 1 N–H and O–H groups in total. The van der Waals surface area contributed by atoms with Crippen LogP contribution in [-0.2, 0) is 20.9 Å². The molecule has 0 unspecified atom stereocenters. The average Bonchev–Trinajstić information content (AvgIpc) is 2.26. The van der Waals surface area contributed by atoms with Crippen molar-refractivity contribution < 1.29 is 19.2 Å². The Balaban J connectivity index is 3.14. The molecule has 7 nitrogen and oxygen atoms in total. The van der Waals surface area contributed by atoms with Crippen molar-refractivity contribution >= 4 is 23.3 Å². The smallest absolute Gasteiger partial charge is 0.302 e. The Hall–Kier alpha value is -2.44. The van der Waals surface area contributed by atoms with Gasteiger partial charge in [0.15, 0.2) is 0 Å². The van der Waals surface area contributed by atoms with E-state index < -0.39 is 16.8 Å². The lowest BCUT2D eigenvalue weighted by atomic mass is 10.1. The molecule has 0 saturated heterocycles. The summed E-state index contributed by atoms with van der Waals surface area (Å²) in [6, 6.07) is 4.27. The fourth-order valence-electron chi connectivity index (χ4n) is 1.36. The van der Waals surface area contributed by atoms with Crippen molar-refractivity contribution in [3.05, 3.63) is 33.9 Å². The molecule has 0 spiro atoms. The van der Waals surface area contributed by atoms with E-state index in [-0.39, 0.29) is 18.0 Å². The van der Waals surface area contributed by atoms with Crippen molar-refractivity contribution in [1.29, 1.82) is 0 Å². The molecule has 1 aromatic carbocycles. The van der Waals surface area contributed by atoms with Gasteiger partial charge in [0.25, 0.3) is 5.69 Å². The van der Waals surface area contributed by atoms with Crippen molar-refractivity contribution in [1.82, 2.24) is 0 Å². The minimum Gasteiger partial charge on any atom is -0.461 e. The summed E-state index contributed by atoms with van der Waals surface area (Å²) in [5.74, 6) is -0.941. The van der Waals surface area contributed by atoms with Crippen LogP contribution in [0, 0.1) is 10.1 Å². The lowest BCUT2D eigenvalue weighted by Gasteiger charge is -2.10. The number of para-hydroxylation sites is 1. The molecule has 18 heavy (non-hydrogen) atoms. The van der Waals surface area contributed by atoms with Gasteiger partial charge in [-0.15, -0.1) is 0 Å². The normalized spacial score (nSPS) is 9.67. The van der Waals surface area contributed by atoms with E-state index in [1.54, 1.807) is 6.07 Å². The summed E-state index contributed by atoms with van der Waals surface area (Å²) in [4.78, 5) is 32.0. The van der Waals surface area contributed by atoms with Gasteiger partial charge in [0.2, 0.25) is 5.91 Å². The van der Waals surface area contributed by atoms with Gasteiger partial charge >= 0.3 is 5.97 Å². The number of nitro benzene ring substituents is 1. The molecule has 1 aromatic rings. The monoisotopic (exact) mass is 252 g/mol. The Bertz CT molecular complexity index is 498. The van der Waals surface area contributed by atoms with Crippen LogP contribution in [0.3, 0.4) is 0 Å². The third kappa shape index (κ3) is 3.55. The first-order valence-corrected chi connectivity index (χ1v) is 5.09. The van der Waals surface area contributed by atoms with Crippen LogP contribution >= 0.6 is 0 Å². The lowest BCUT2D eigenvalue weighted by molar-refractivity contribution is -0.384. The Labute approximate surface area is 103 Å². The molecule has 0 bridgehead atoms. The van der Waals surface area contributed by atoms with Crippen LogP contribution in [0.1, 0.15) is 19.4 Å². The number of rotatable bonds is 4. The number of nitro groups is 1. The highest BCUT2D eigenvalue weighted by Crippen LogP contribution is 2.28. The first-order chi connectivity index (χ1) is 8.41. The van der Waals surface area contributed by atoms with Crippen molar-refractivity contribution in [3.8, 4) is 0 Å². The number of carbonyl (C=O) groups is 2. The molecule has 96 valence electrons. The standard InChI is InChI=1S/C11H12N2O5/c1-7(14)12-11-9(6-18-8(2)15)4-3-5-10(11)13(16)17/h3-5H,6H2,1-2H3,(H,12,14). The highest BCUT2D eigenvalue weighted by Gasteiger charge is 2.18. The minimum absolute atomic E-state index is 0.0521. The number of carbonyl (C=O) groups excluding carboxylic acids is 2. The maximum atomic E-state index is 11.0. The van der Waals surface area contributed by atoms with E-state index >= 15 is 0 Å². The quantitative estimate of drug-likeness (QED) is 0.498. The molecule has 7 heteroatoms. The number of esters is 1. The highest BCUT2D eigenvalue weighted by atomic mass is 16.6. The van der Waals surface area contributed by atoms with Crippen molar-refractivity contribution in [2.45, 2.75) is 20.5 Å². The zero-order valence-electron chi connectivity index (χ0n) is 9.93. The summed E-state index contributed by atoms with van der Waals surface area (Å²) >= 11 is 0. The third-order valence-corrected chi connectivity index (χ3v) is 2.06. The SMILES string of the molecule is CC(=O)Nc1c(COC(C)=O)cccc1[N+](=O)[O-]. The molecule has 0 aliphatic rings. The summed E-state index contributed by atoms with van der Waals surface area (Å²) in [6.45, 7) is 2.34. The van der Waals surface area contributed by atoms with Gasteiger partial charge in [-0.2, -0.15) is 0 Å². The fourth-order valence-corrected chi connectivity index (χ4v) is 1.36. The summed E-state index contributed by atoms with van der Waals surface area (Å²) in [5, 5.41) is 13.2. The van der Waals surface area contributed by atoms with Gasteiger partial charge in [0.05, 0.1) is 4.92 Å². The van der Waals surface area contributed by atoms with Crippen molar-refractivity contribution in [3.63, 3.8) is 0 Å². The van der Waals surface area contributed by atoms with Gasteiger partial charge < -0.3 is 10.1 Å². The zero-order chi connectivity index (χ0) is 13.7. The molecule has 0 aliphatic heterocycles. The zero-order valence-corrected chi connectivity index (χ0v) is 9.93. The Morgan fingerprint density at radius 3 is 2.56 bits per heavy atom. The number of anilines is 1. The second-order valence-corrected chi connectivity index (χ2v) is 3.53. The number of benzene rings is 1. The molecule has 1 amide bonds. The maximum Gasteiger partial charge on any atom is 0.302 e. The first-order valence-electron chi connectivity index (χ1n) is 5.09. The molecular formula is C11H12N2O5.